The van der Waals surface area contributed by atoms with E-state index in [1.165, 1.54) is 18.6 Å². The monoisotopic (exact) mass is 214 g/mol. The van der Waals surface area contributed by atoms with E-state index in [4.69, 9.17) is 0 Å². The lowest BCUT2D eigenvalue weighted by molar-refractivity contribution is -0.130. The van der Waals surface area contributed by atoms with E-state index >= 15 is 0 Å². The minimum Gasteiger partial charge on any atom is -0.353 e. The quantitative estimate of drug-likeness (QED) is 0.625. The lowest BCUT2D eigenvalue weighted by Crippen LogP contribution is -2.72. The highest BCUT2D eigenvalue weighted by Crippen LogP contribution is 2.30. The number of piperazine rings is 1. The molecule has 0 aromatic rings. The van der Waals surface area contributed by atoms with Crippen LogP contribution in [0.4, 0.5) is 0 Å². The maximum Gasteiger partial charge on any atom is 0.239 e. The molecule has 0 aromatic carbocycles. The van der Waals surface area contributed by atoms with E-state index in [0.29, 0.717) is 0 Å². The number of amides is 1. The van der Waals surface area contributed by atoms with Crippen LogP contribution in [0.3, 0.4) is 0 Å². The molecule has 3 nitrogen and oxygen atoms in total. The van der Waals surface area contributed by atoms with Gasteiger partial charge < -0.3 is 5.32 Å². The summed E-state index contributed by atoms with van der Waals surface area (Å²) in [4.78, 5) is 11.6. The minimum absolute atomic E-state index is 0.124. The van der Waals surface area contributed by atoms with Crippen LogP contribution in [-0.4, -0.2) is 35.0 Å². The lowest BCUT2D eigenvalue weighted by atomic mass is 9.87. The van der Waals surface area contributed by atoms with Gasteiger partial charge in [0.2, 0.25) is 5.91 Å². The Kier molecular flexibility index (Phi) is 2.52. The van der Waals surface area contributed by atoms with E-state index < -0.39 is 5.54 Å². The molecule has 2 aliphatic heterocycles. The molecule has 1 spiro atoms. The van der Waals surface area contributed by atoms with Gasteiger partial charge in [-0.25, -0.2) is 0 Å². The number of hydrogen-bond donors (Lipinski definition) is 2. The average molecular weight is 214 g/mol. The summed E-state index contributed by atoms with van der Waals surface area (Å²) in [7, 11) is 0. The van der Waals surface area contributed by atoms with E-state index in [1.54, 1.807) is 0 Å². The summed E-state index contributed by atoms with van der Waals surface area (Å²) in [5.74, 6) is 2.51. The highest BCUT2D eigenvalue weighted by atomic mass is 32.2. The fourth-order valence-corrected chi connectivity index (χ4v) is 3.53. The highest BCUT2D eigenvalue weighted by Gasteiger charge is 2.44. The number of hydrogen-bond acceptors (Lipinski definition) is 3. The first-order valence-electron chi connectivity index (χ1n) is 5.20. The molecular weight excluding hydrogens is 196 g/mol. The first-order valence-corrected chi connectivity index (χ1v) is 6.35. The van der Waals surface area contributed by atoms with Crippen molar-refractivity contribution in [1.29, 1.82) is 0 Å². The molecule has 4 heteroatoms. The summed E-state index contributed by atoms with van der Waals surface area (Å²) in [6, 6.07) is 0. The average Bonchev–Trinajstić information content (AvgIpc) is 2.13. The third-order valence-corrected chi connectivity index (χ3v) is 4.39. The zero-order valence-electron chi connectivity index (χ0n) is 8.85. The molecule has 2 fully saturated rings. The predicted octanol–water partition coefficient (Wildman–Crippen LogP) is 0.750. The number of thioether (sulfide) groups is 1. The Morgan fingerprint density at radius 2 is 2.21 bits per heavy atom. The zero-order chi connectivity index (χ0) is 10.2. The molecule has 0 saturated carbocycles. The molecule has 1 atom stereocenters. The van der Waals surface area contributed by atoms with Crippen LogP contribution in [0.5, 0.6) is 0 Å². The number of nitrogens with one attached hydrogen (secondary N) is 2. The molecule has 1 amide bonds. The fourth-order valence-electron chi connectivity index (χ4n) is 2.32. The van der Waals surface area contributed by atoms with Gasteiger partial charge >= 0.3 is 0 Å². The Labute approximate surface area is 89.4 Å². The van der Waals surface area contributed by atoms with E-state index in [1.807, 2.05) is 25.6 Å². The van der Waals surface area contributed by atoms with Crippen molar-refractivity contribution >= 4 is 17.7 Å². The maximum absolute atomic E-state index is 11.6. The van der Waals surface area contributed by atoms with Crippen LogP contribution in [0.2, 0.25) is 0 Å². The van der Waals surface area contributed by atoms with Crippen molar-refractivity contribution in [2.75, 3.05) is 18.1 Å². The molecule has 80 valence electrons. The first kappa shape index (κ1) is 10.3. The minimum atomic E-state index is -0.407. The van der Waals surface area contributed by atoms with Gasteiger partial charge in [0.05, 0.1) is 5.54 Å². The third kappa shape index (κ3) is 1.77. The van der Waals surface area contributed by atoms with E-state index in [2.05, 4.69) is 10.6 Å². The Morgan fingerprint density at radius 3 is 2.79 bits per heavy atom. The van der Waals surface area contributed by atoms with Crippen molar-refractivity contribution in [1.82, 2.24) is 10.6 Å². The molecule has 2 rings (SSSR count). The van der Waals surface area contributed by atoms with Crippen LogP contribution in [0.1, 0.15) is 26.7 Å². The smallest absolute Gasteiger partial charge is 0.239 e. The van der Waals surface area contributed by atoms with Gasteiger partial charge in [-0.05, 0) is 32.4 Å². The summed E-state index contributed by atoms with van der Waals surface area (Å²) in [6.45, 7) is 4.72. The topological polar surface area (TPSA) is 41.1 Å². The Hall–Kier alpha value is -0.220. The van der Waals surface area contributed by atoms with Crippen molar-refractivity contribution in [3.05, 3.63) is 0 Å². The number of rotatable bonds is 0. The number of carbonyl (C=O) groups is 1. The highest BCUT2D eigenvalue weighted by molar-refractivity contribution is 7.99. The molecule has 2 aliphatic rings. The number of carbonyl (C=O) groups excluding carboxylic acids is 1. The second-order valence-corrected chi connectivity index (χ2v) is 5.97. The first-order chi connectivity index (χ1) is 6.54. The molecule has 0 aliphatic carbocycles. The van der Waals surface area contributed by atoms with Gasteiger partial charge in [-0.15, -0.1) is 0 Å². The standard InChI is InChI=1S/C10H18N2OS/c1-9(2)8(13)11-6-10(12-9)4-3-5-14-7-10/h12H,3-7H2,1-2H3,(H,11,13). The van der Waals surface area contributed by atoms with Gasteiger partial charge in [0.15, 0.2) is 0 Å². The summed E-state index contributed by atoms with van der Waals surface area (Å²) in [5, 5.41) is 6.54. The van der Waals surface area contributed by atoms with Crippen molar-refractivity contribution in [3.8, 4) is 0 Å². The van der Waals surface area contributed by atoms with Crippen LogP contribution in [0.15, 0.2) is 0 Å². The summed E-state index contributed by atoms with van der Waals surface area (Å²) in [5.41, 5.74) is -0.253. The van der Waals surface area contributed by atoms with Gasteiger partial charge in [-0.3, -0.25) is 10.1 Å². The van der Waals surface area contributed by atoms with Gasteiger partial charge in [-0.1, -0.05) is 0 Å². The summed E-state index contributed by atoms with van der Waals surface area (Å²) < 4.78 is 0. The van der Waals surface area contributed by atoms with Crippen LogP contribution in [0.25, 0.3) is 0 Å². The van der Waals surface area contributed by atoms with Crippen LogP contribution in [0, 0.1) is 0 Å². The molecular formula is C10H18N2OS. The summed E-state index contributed by atoms with van der Waals surface area (Å²) in [6.07, 6.45) is 2.44. The molecule has 14 heavy (non-hydrogen) atoms. The van der Waals surface area contributed by atoms with E-state index in [9.17, 15) is 4.79 Å². The Balaban J connectivity index is 2.11. The third-order valence-electron chi connectivity index (χ3n) is 3.06. The molecule has 2 N–H and O–H groups in total. The lowest BCUT2D eigenvalue weighted by Gasteiger charge is -2.47. The normalized spacial score (nSPS) is 36.9. The molecule has 0 bridgehead atoms. The van der Waals surface area contributed by atoms with Gasteiger partial charge in [0.25, 0.3) is 0 Å². The van der Waals surface area contributed by atoms with Gasteiger partial charge in [0.1, 0.15) is 0 Å². The van der Waals surface area contributed by atoms with Gasteiger partial charge in [-0.2, -0.15) is 11.8 Å². The second kappa shape index (κ2) is 3.42. The van der Waals surface area contributed by atoms with Crippen LogP contribution < -0.4 is 10.6 Å². The van der Waals surface area contributed by atoms with Gasteiger partial charge in [0, 0.05) is 17.8 Å². The largest absolute Gasteiger partial charge is 0.353 e. The van der Waals surface area contributed by atoms with Crippen molar-refractivity contribution in [2.45, 2.75) is 37.8 Å². The van der Waals surface area contributed by atoms with Crippen LogP contribution >= 0.6 is 11.8 Å². The van der Waals surface area contributed by atoms with E-state index in [0.717, 1.165) is 12.3 Å². The second-order valence-electron chi connectivity index (χ2n) is 4.87. The molecule has 0 aromatic heterocycles. The molecule has 1 unspecified atom stereocenters. The SMILES string of the molecule is CC1(C)NC2(CCCSC2)CNC1=O. The summed E-state index contributed by atoms with van der Waals surface area (Å²) >= 11 is 1.99. The van der Waals surface area contributed by atoms with Crippen molar-refractivity contribution in [3.63, 3.8) is 0 Å². The predicted molar refractivity (Wildman–Crippen MR) is 59.5 cm³/mol. The van der Waals surface area contributed by atoms with Crippen LogP contribution in [-0.2, 0) is 4.79 Å². The van der Waals surface area contributed by atoms with E-state index in [-0.39, 0.29) is 11.4 Å². The molecule has 0 radical (unpaired) electrons. The Bertz CT molecular complexity index is 247. The zero-order valence-corrected chi connectivity index (χ0v) is 9.67. The fraction of sp³-hybridized carbons (Fsp3) is 0.900. The molecule has 2 saturated heterocycles. The Morgan fingerprint density at radius 1 is 1.43 bits per heavy atom. The van der Waals surface area contributed by atoms with Crippen molar-refractivity contribution in [2.24, 2.45) is 0 Å². The maximum atomic E-state index is 11.6. The molecule has 2 heterocycles. The van der Waals surface area contributed by atoms with Crippen molar-refractivity contribution < 1.29 is 4.79 Å².